The largest absolute Gasteiger partial charge is 0.462 e. The molecule has 0 spiro atoms. The summed E-state index contributed by atoms with van der Waals surface area (Å²) >= 11 is 0. The van der Waals surface area contributed by atoms with Crippen LogP contribution in [0.3, 0.4) is 0 Å². The number of carbonyl (C=O) groups excluding carboxylic acids is 1. The lowest BCUT2D eigenvalue weighted by molar-refractivity contribution is -0.148. The molecule has 0 amide bonds. The number of hydrogen-bond donors (Lipinski definition) is 1. The molecule has 0 aromatic rings. The molecule has 0 saturated heterocycles. The first-order valence-electron chi connectivity index (χ1n) is 10.6. The average Bonchev–Trinajstić information content (AvgIpc) is 2.98. The van der Waals surface area contributed by atoms with Gasteiger partial charge in [-0.05, 0) is 68.1 Å². The van der Waals surface area contributed by atoms with Gasteiger partial charge in [-0.3, -0.25) is 4.79 Å². The molecule has 1 N–H and O–H groups in total. The monoisotopic (exact) mass is 371 g/mol. The minimum Gasteiger partial charge on any atom is -0.462 e. The molecular formula is C23H33NO3. The predicted molar refractivity (Wildman–Crippen MR) is 106 cm³/mol. The van der Waals surface area contributed by atoms with Gasteiger partial charge >= 0.3 is 5.97 Å². The Morgan fingerprint density at radius 1 is 1.15 bits per heavy atom. The lowest BCUT2D eigenvalue weighted by atomic mass is 9.48. The van der Waals surface area contributed by atoms with Crippen LogP contribution in [0.2, 0.25) is 0 Å². The van der Waals surface area contributed by atoms with Crippen molar-refractivity contribution in [2.45, 2.75) is 78.7 Å². The summed E-state index contributed by atoms with van der Waals surface area (Å²) in [6.07, 6.45) is 12.5. The van der Waals surface area contributed by atoms with Crippen molar-refractivity contribution >= 4 is 11.7 Å². The molecule has 0 heterocycles. The molecule has 2 saturated carbocycles. The fourth-order valence-electron chi connectivity index (χ4n) is 7.01. The number of carbonyl (C=O) groups is 1. The highest BCUT2D eigenvalue weighted by atomic mass is 16.5. The molecule has 4 nitrogen and oxygen atoms in total. The van der Waals surface area contributed by atoms with E-state index in [0.29, 0.717) is 17.8 Å². The minimum atomic E-state index is -0.158. The van der Waals surface area contributed by atoms with Gasteiger partial charge in [0.2, 0.25) is 0 Å². The Kier molecular flexibility index (Phi) is 4.51. The molecule has 0 bridgehead atoms. The predicted octanol–water partition coefficient (Wildman–Crippen LogP) is 5.27. The summed E-state index contributed by atoms with van der Waals surface area (Å²) in [5.41, 5.74) is 4.40. The van der Waals surface area contributed by atoms with Gasteiger partial charge in [0, 0.05) is 19.3 Å². The first-order chi connectivity index (χ1) is 12.8. The fraction of sp³-hybridized carbons (Fsp3) is 0.739. The molecule has 0 aromatic heterocycles. The molecule has 4 aliphatic rings. The van der Waals surface area contributed by atoms with Gasteiger partial charge < -0.3 is 9.94 Å². The standard InChI is InChI=1S/C23H33NO3/c1-14(24-26)19-7-8-20-18-6-5-16-13-17(27-15(2)25)9-11-22(16,3)21(18)10-12-23(19,20)4/h5,8,17-19,21,26H,6-7,9-13H2,1-4H3/b24-14+/t17-,18-,19+,21-,22-,23+/m0/s1. The van der Waals surface area contributed by atoms with Crippen LogP contribution in [0.15, 0.2) is 28.5 Å². The van der Waals surface area contributed by atoms with E-state index in [-0.39, 0.29) is 22.9 Å². The van der Waals surface area contributed by atoms with E-state index in [1.165, 1.54) is 25.3 Å². The molecule has 4 heteroatoms. The van der Waals surface area contributed by atoms with Gasteiger partial charge in [-0.2, -0.15) is 0 Å². The van der Waals surface area contributed by atoms with Crippen molar-refractivity contribution in [2.75, 3.05) is 0 Å². The van der Waals surface area contributed by atoms with Crippen LogP contribution < -0.4 is 0 Å². The molecule has 0 unspecified atom stereocenters. The van der Waals surface area contributed by atoms with E-state index in [2.05, 4.69) is 31.2 Å². The molecule has 0 aliphatic heterocycles. The second-order valence-corrected chi connectivity index (χ2v) is 9.72. The number of nitrogens with zero attached hydrogens (tertiary/aromatic N) is 1. The van der Waals surface area contributed by atoms with Crippen LogP contribution in [0.4, 0.5) is 0 Å². The van der Waals surface area contributed by atoms with E-state index < -0.39 is 0 Å². The lowest BCUT2D eigenvalue weighted by Crippen LogP contribution is -2.48. The van der Waals surface area contributed by atoms with Gasteiger partial charge in [-0.1, -0.05) is 42.3 Å². The highest BCUT2D eigenvalue weighted by molar-refractivity contribution is 5.86. The number of hydrogen-bond acceptors (Lipinski definition) is 4. The molecular weight excluding hydrogens is 338 g/mol. The SMILES string of the molecule is CC(=O)O[C@H]1CC[C@@]2(C)C(=CC[C@H]3C4=CC[C@H](/C(C)=N/O)[C@@]4(C)CC[C@@H]32)C1. The fourth-order valence-corrected chi connectivity index (χ4v) is 7.01. The Hall–Kier alpha value is -1.58. The molecule has 148 valence electrons. The van der Waals surface area contributed by atoms with Crippen LogP contribution in [0, 0.1) is 28.6 Å². The van der Waals surface area contributed by atoms with Crippen molar-refractivity contribution in [1.82, 2.24) is 0 Å². The van der Waals surface area contributed by atoms with Gasteiger partial charge in [0.25, 0.3) is 0 Å². The van der Waals surface area contributed by atoms with Crippen LogP contribution in [-0.4, -0.2) is 23.0 Å². The Morgan fingerprint density at radius 3 is 2.59 bits per heavy atom. The maximum atomic E-state index is 11.4. The molecule has 4 aliphatic carbocycles. The van der Waals surface area contributed by atoms with Gasteiger partial charge in [0.1, 0.15) is 6.10 Å². The topological polar surface area (TPSA) is 58.9 Å². The molecule has 4 rings (SSSR count). The molecule has 2 fully saturated rings. The Morgan fingerprint density at radius 2 is 1.89 bits per heavy atom. The number of fused-ring (bicyclic) bond motifs is 5. The average molecular weight is 372 g/mol. The van der Waals surface area contributed by atoms with Crippen molar-refractivity contribution in [1.29, 1.82) is 0 Å². The second-order valence-electron chi connectivity index (χ2n) is 9.72. The Balaban J connectivity index is 1.60. The number of allylic oxidation sites excluding steroid dienone is 3. The first-order valence-corrected chi connectivity index (χ1v) is 10.6. The maximum Gasteiger partial charge on any atom is 0.302 e. The maximum absolute atomic E-state index is 11.4. The summed E-state index contributed by atoms with van der Waals surface area (Å²) < 4.78 is 5.53. The summed E-state index contributed by atoms with van der Waals surface area (Å²) in [7, 11) is 0. The van der Waals surface area contributed by atoms with E-state index in [1.807, 2.05) is 6.92 Å². The third-order valence-corrected chi connectivity index (χ3v) is 8.46. The third-order valence-electron chi connectivity index (χ3n) is 8.46. The van der Waals surface area contributed by atoms with Crippen LogP contribution in [0.1, 0.15) is 72.6 Å². The Bertz CT molecular complexity index is 736. The van der Waals surface area contributed by atoms with Crippen LogP contribution in [0.5, 0.6) is 0 Å². The summed E-state index contributed by atoms with van der Waals surface area (Å²) in [6, 6.07) is 0. The van der Waals surface area contributed by atoms with E-state index >= 15 is 0 Å². The van der Waals surface area contributed by atoms with Gasteiger partial charge in [-0.15, -0.1) is 0 Å². The van der Waals surface area contributed by atoms with Crippen molar-refractivity contribution in [2.24, 2.45) is 33.7 Å². The second kappa shape index (κ2) is 6.49. The van der Waals surface area contributed by atoms with E-state index in [4.69, 9.17) is 4.74 Å². The minimum absolute atomic E-state index is 0.0609. The zero-order chi connectivity index (χ0) is 19.4. The van der Waals surface area contributed by atoms with Crippen LogP contribution in [0.25, 0.3) is 0 Å². The van der Waals surface area contributed by atoms with Crippen molar-refractivity contribution in [3.05, 3.63) is 23.3 Å². The molecule has 0 radical (unpaired) electrons. The third kappa shape index (κ3) is 2.78. The first kappa shape index (κ1) is 18.8. The number of esters is 1. The molecule has 0 aromatic carbocycles. The summed E-state index contributed by atoms with van der Waals surface area (Å²) in [4.78, 5) is 11.4. The molecule has 6 atom stereocenters. The lowest BCUT2D eigenvalue weighted by Gasteiger charge is -2.56. The zero-order valence-electron chi connectivity index (χ0n) is 17.1. The van der Waals surface area contributed by atoms with E-state index in [1.54, 1.807) is 5.57 Å². The van der Waals surface area contributed by atoms with Crippen LogP contribution >= 0.6 is 0 Å². The number of ether oxygens (including phenoxy) is 1. The van der Waals surface area contributed by atoms with Gasteiger partial charge in [0.05, 0.1) is 5.71 Å². The number of rotatable bonds is 2. The van der Waals surface area contributed by atoms with Crippen molar-refractivity contribution < 1.29 is 14.7 Å². The zero-order valence-corrected chi connectivity index (χ0v) is 17.1. The highest BCUT2D eigenvalue weighted by Crippen LogP contribution is 2.64. The van der Waals surface area contributed by atoms with E-state index in [9.17, 15) is 10.0 Å². The smallest absolute Gasteiger partial charge is 0.302 e. The van der Waals surface area contributed by atoms with Gasteiger partial charge in [0.15, 0.2) is 0 Å². The van der Waals surface area contributed by atoms with Crippen molar-refractivity contribution in [3.8, 4) is 0 Å². The Labute approximate surface area is 162 Å². The normalized spacial score (nSPS) is 43.8. The van der Waals surface area contributed by atoms with Crippen molar-refractivity contribution in [3.63, 3.8) is 0 Å². The quantitative estimate of drug-likeness (QED) is 0.237. The van der Waals surface area contributed by atoms with Crippen LogP contribution in [-0.2, 0) is 9.53 Å². The number of oxime groups is 1. The molecule has 27 heavy (non-hydrogen) atoms. The van der Waals surface area contributed by atoms with Gasteiger partial charge in [-0.25, -0.2) is 0 Å². The summed E-state index contributed by atoms with van der Waals surface area (Å²) in [5, 5.41) is 12.9. The summed E-state index contributed by atoms with van der Waals surface area (Å²) in [6.45, 7) is 8.33. The summed E-state index contributed by atoms with van der Waals surface area (Å²) in [5.74, 6) is 1.48. The van der Waals surface area contributed by atoms with E-state index in [0.717, 1.165) is 37.8 Å². The highest BCUT2D eigenvalue weighted by Gasteiger charge is 2.56.